The second-order valence-electron chi connectivity index (χ2n) is 8.55. The van der Waals surface area contributed by atoms with Crippen LogP contribution in [0.5, 0.6) is 0 Å². The van der Waals surface area contributed by atoms with E-state index in [4.69, 9.17) is 5.73 Å². The molecule has 0 saturated heterocycles. The maximum absolute atomic E-state index is 15.5. The van der Waals surface area contributed by atoms with Crippen molar-refractivity contribution in [1.82, 2.24) is 10.3 Å². The van der Waals surface area contributed by atoms with Crippen molar-refractivity contribution in [2.45, 2.75) is 53.7 Å². The van der Waals surface area contributed by atoms with Crippen LogP contribution in [0.1, 0.15) is 62.7 Å². The van der Waals surface area contributed by atoms with E-state index < -0.39 is 35.4 Å². The minimum Gasteiger partial charge on any atom is -0.383 e. The van der Waals surface area contributed by atoms with Crippen LogP contribution in [0, 0.1) is 17.5 Å². The molecule has 7 nitrogen and oxygen atoms in total. The summed E-state index contributed by atoms with van der Waals surface area (Å²) in [6.07, 6.45) is -0.308. The number of aromatic nitrogens is 1. The zero-order valence-corrected chi connectivity index (χ0v) is 21.0. The number of carbonyl (C=O) groups excluding carboxylic acids is 2. The molecule has 4 rings (SSSR count). The molecular weight excluding hydrogens is 497 g/mol. The molecule has 1 unspecified atom stereocenters. The fourth-order valence-corrected chi connectivity index (χ4v) is 4.07. The van der Waals surface area contributed by atoms with Crippen LogP contribution in [-0.2, 0) is 11.2 Å². The highest BCUT2D eigenvalue weighted by Crippen LogP contribution is 2.37. The van der Waals surface area contributed by atoms with E-state index in [-0.39, 0.29) is 60.2 Å². The van der Waals surface area contributed by atoms with Crippen LogP contribution in [0.4, 0.5) is 24.7 Å². The number of hydrogen-bond acceptors (Lipinski definition) is 5. The Labute approximate surface area is 220 Å². The van der Waals surface area contributed by atoms with E-state index in [2.05, 4.69) is 10.3 Å². The van der Waals surface area contributed by atoms with Crippen LogP contribution in [0.25, 0.3) is 11.1 Å². The highest BCUT2D eigenvalue weighted by Gasteiger charge is 2.33. The summed E-state index contributed by atoms with van der Waals surface area (Å²) in [5, 5.41) is 13.1. The Kier molecular flexibility index (Phi) is 10.0. The lowest BCUT2D eigenvalue weighted by molar-refractivity contribution is -0.126. The zero-order chi connectivity index (χ0) is 27.4. The van der Waals surface area contributed by atoms with Crippen molar-refractivity contribution < 1.29 is 27.9 Å². The van der Waals surface area contributed by atoms with Crippen molar-refractivity contribution in [3.8, 4) is 11.1 Å². The number of anilines is 2. The van der Waals surface area contributed by atoms with Gasteiger partial charge in [-0.05, 0) is 56.2 Å². The second-order valence-corrected chi connectivity index (χ2v) is 8.55. The van der Waals surface area contributed by atoms with Gasteiger partial charge in [0, 0.05) is 47.2 Å². The van der Waals surface area contributed by atoms with Gasteiger partial charge in [-0.15, -0.1) is 0 Å². The van der Waals surface area contributed by atoms with Crippen molar-refractivity contribution in [2.24, 2.45) is 0 Å². The number of rotatable bonds is 5. The van der Waals surface area contributed by atoms with Gasteiger partial charge in [0.15, 0.2) is 6.10 Å². The fraction of sp³-hybridized carbons (Fsp3) is 0.321. The summed E-state index contributed by atoms with van der Waals surface area (Å²) >= 11 is 0. The Morgan fingerprint density at radius 3 is 2.32 bits per heavy atom. The number of hydrogen-bond donors (Lipinski definition) is 3. The molecular formula is C28H33F3N4O3. The van der Waals surface area contributed by atoms with Gasteiger partial charge in [-0.1, -0.05) is 21.3 Å². The minimum atomic E-state index is -1.82. The average Bonchev–Trinajstić information content (AvgIpc) is 3.29. The van der Waals surface area contributed by atoms with Gasteiger partial charge in [-0.3, -0.25) is 9.59 Å². The number of amides is 2. The summed E-state index contributed by atoms with van der Waals surface area (Å²) in [4.78, 5) is 30.5. The SMILES string of the molecule is C.CC.CC(C)NC(=O)c1cc(-c2ccc3c(c2F)CCN3C(=O)C(O)c2cc(F)cc(F)c2)cnc1N. The summed E-state index contributed by atoms with van der Waals surface area (Å²) in [5.74, 6) is -3.72. The third kappa shape index (κ3) is 6.13. The maximum atomic E-state index is 15.5. The van der Waals surface area contributed by atoms with E-state index in [1.165, 1.54) is 29.3 Å². The van der Waals surface area contributed by atoms with E-state index in [0.717, 1.165) is 12.1 Å². The molecule has 0 aliphatic carbocycles. The molecule has 0 spiro atoms. The Morgan fingerprint density at radius 1 is 1.08 bits per heavy atom. The molecule has 10 heteroatoms. The number of aliphatic hydroxyl groups excluding tert-OH is 1. The summed E-state index contributed by atoms with van der Waals surface area (Å²) in [5.41, 5.74) is 6.68. The molecule has 2 aromatic carbocycles. The van der Waals surface area contributed by atoms with E-state index in [1.54, 1.807) is 13.8 Å². The maximum Gasteiger partial charge on any atom is 0.260 e. The first kappa shape index (κ1) is 30.3. The Morgan fingerprint density at radius 2 is 1.71 bits per heavy atom. The van der Waals surface area contributed by atoms with Crippen molar-refractivity contribution in [1.29, 1.82) is 0 Å². The molecule has 204 valence electrons. The summed E-state index contributed by atoms with van der Waals surface area (Å²) in [6.45, 7) is 7.66. The van der Waals surface area contributed by atoms with Crippen molar-refractivity contribution in [3.63, 3.8) is 0 Å². The number of nitrogens with one attached hydrogen (secondary N) is 1. The third-order valence-electron chi connectivity index (χ3n) is 5.69. The number of nitrogens with zero attached hydrogens (tertiary/aromatic N) is 2. The number of carbonyl (C=O) groups is 2. The number of aliphatic hydroxyl groups is 1. The van der Waals surface area contributed by atoms with Crippen molar-refractivity contribution in [3.05, 3.63) is 76.7 Å². The topological polar surface area (TPSA) is 109 Å². The standard InChI is InChI=1S/C25H23F3N4O3.C2H6.CH4/c1-12(2)31-24(34)19-9-14(11-30-23(19)29)17-3-4-20-18(21(17)28)5-6-32(20)25(35)22(33)13-7-15(26)10-16(27)8-13;1-2;/h3-4,7-12,22,33H,5-6H2,1-2H3,(H2,29,30)(H,31,34);1-2H3;1H4. The lowest BCUT2D eigenvalue weighted by Crippen LogP contribution is -2.33. The number of halogens is 3. The first-order valence-electron chi connectivity index (χ1n) is 11.9. The molecule has 4 N–H and O–H groups in total. The summed E-state index contributed by atoms with van der Waals surface area (Å²) < 4.78 is 42.6. The molecule has 0 bridgehead atoms. The molecule has 2 heterocycles. The number of nitrogen functional groups attached to an aromatic ring is 1. The first-order chi connectivity index (χ1) is 17.6. The van der Waals surface area contributed by atoms with Crippen molar-refractivity contribution in [2.75, 3.05) is 17.2 Å². The Hall–Kier alpha value is -3.92. The number of benzene rings is 2. The monoisotopic (exact) mass is 530 g/mol. The van der Waals surface area contributed by atoms with Crippen LogP contribution in [0.3, 0.4) is 0 Å². The lowest BCUT2D eigenvalue weighted by Gasteiger charge is -2.21. The average molecular weight is 531 g/mol. The molecule has 3 aromatic rings. The van der Waals surface area contributed by atoms with E-state index in [0.29, 0.717) is 11.6 Å². The smallest absolute Gasteiger partial charge is 0.260 e. The van der Waals surface area contributed by atoms with Crippen LogP contribution in [0.2, 0.25) is 0 Å². The third-order valence-corrected chi connectivity index (χ3v) is 5.69. The molecule has 1 aromatic heterocycles. The summed E-state index contributed by atoms with van der Waals surface area (Å²) in [7, 11) is 0. The molecule has 0 radical (unpaired) electrons. The van der Waals surface area contributed by atoms with Gasteiger partial charge in [0.2, 0.25) is 0 Å². The van der Waals surface area contributed by atoms with Crippen LogP contribution < -0.4 is 16.0 Å². The normalized spacial score (nSPS) is 12.7. The molecule has 38 heavy (non-hydrogen) atoms. The molecule has 1 aliphatic rings. The zero-order valence-electron chi connectivity index (χ0n) is 21.0. The molecule has 1 atom stereocenters. The lowest BCUT2D eigenvalue weighted by atomic mass is 10.00. The quantitative estimate of drug-likeness (QED) is 0.422. The van der Waals surface area contributed by atoms with Gasteiger partial charge in [-0.2, -0.15) is 0 Å². The largest absolute Gasteiger partial charge is 0.383 e. The highest BCUT2D eigenvalue weighted by atomic mass is 19.1. The number of fused-ring (bicyclic) bond motifs is 1. The van der Waals surface area contributed by atoms with Crippen LogP contribution in [-0.4, -0.2) is 34.5 Å². The second kappa shape index (κ2) is 12.6. The molecule has 1 aliphatic heterocycles. The van der Waals surface area contributed by atoms with E-state index in [9.17, 15) is 23.5 Å². The van der Waals surface area contributed by atoms with Crippen LogP contribution >= 0.6 is 0 Å². The first-order valence-corrected chi connectivity index (χ1v) is 11.9. The molecule has 2 amide bonds. The van der Waals surface area contributed by atoms with Gasteiger partial charge >= 0.3 is 0 Å². The van der Waals surface area contributed by atoms with Gasteiger partial charge < -0.3 is 21.1 Å². The van der Waals surface area contributed by atoms with Crippen molar-refractivity contribution >= 4 is 23.3 Å². The van der Waals surface area contributed by atoms with Crippen LogP contribution in [0.15, 0.2) is 42.6 Å². The predicted octanol–water partition coefficient (Wildman–Crippen LogP) is 5.17. The van der Waals surface area contributed by atoms with Gasteiger partial charge in [0.1, 0.15) is 23.3 Å². The fourth-order valence-electron chi connectivity index (χ4n) is 4.07. The highest BCUT2D eigenvalue weighted by molar-refractivity contribution is 6.00. The number of nitrogens with two attached hydrogens (primary N) is 1. The van der Waals surface area contributed by atoms with E-state index >= 15 is 4.39 Å². The minimum absolute atomic E-state index is 0. The van der Waals surface area contributed by atoms with Gasteiger partial charge in [0.25, 0.3) is 11.8 Å². The van der Waals surface area contributed by atoms with E-state index in [1.807, 2.05) is 13.8 Å². The van der Waals surface area contributed by atoms with Gasteiger partial charge in [0.05, 0.1) is 5.56 Å². The molecule has 0 fully saturated rings. The Balaban J connectivity index is 0.00000165. The predicted molar refractivity (Wildman–Crippen MR) is 142 cm³/mol. The molecule has 0 saturated carbocycles. The summed E-state index contributed by atoms with van der Waals surface area (Å²) in [6, 6.07) is 6.64. The van der Waals surface area contributed by atoms with Gasteiger partial charge in [-0.25, -0.2) is 18.2 Å². The number of pyridine rings is 1. The Bertz CT molecular complexity index is 1310.